The lowest BCUT2D eigenvalue weighted by molar-refractivity contribution is -0.137. The topological polar surface area (TPSA) is 88.8 Å². The molecule has 0 spiro atoms. The molecule has 100 valence electrons. The van der Waals surface area contributed by atoms with E-state index in [2.05, 4.69) is 5.16 Å². The summed E-state index contributed by atoms with van der Waals surface area (Å²) in [5, 5.41) is 11.4. The lowest BCUT2D eigenvalue weighted by Crippen LogP contribution is -2.23. The van der Waals surface area contributed by atoms with E-state index < -0.39 is 23.4 Å². The Morgan fingerprint density at radius 2 is 2.00 bits per heavy atom. The number of hydrogen-bond acceptors (Lipinski definition) is 4. The van der Waals surface area contributed by atoms with Crippen LogP contribution in [0.5, 0.6) is 0 Å². The third kappa shape index (κ3) is 2.37. The van der Waals surface area contributed by atoms with Crippen molar-refractivity contribution in [2.75, 3.05) is 0 Å². The number of nitrogens with zero attached hydrogens (tertiary/aromatic N) is 1. The van der Waals surface area contributed by atoms with Crippen LogP contribution in [0.2, 0.25) is 0 Å². The third-order valence-electron chi connectivity index (χ3n) is 2.41. The van der Waals surface area contributed by atoms with Crippen molar-refractivity contribution in [3.05, 3.63) is 35.6 Å². The molecule has 8 heteroatoms. The van der Waals surface area contributed by atoms with Gasteiger partial charge in [0.1, 0.15) is 5.58 Å². The van der Waals surface area contributed by atoms with Gasteiger partial charge in [0, 0.05) is 5.39 Å². The molecule has 0 saturated heterocycles. The molecule has 0 aliphatic heterocycles. The molecule has 0 aliphatic rings. The van der Waals surface area contributed by atoms with Crippen LogP contribution in [0.1, 0.15) is 11.3 Å². The molecule has 5 nitrogen and oxygen atoms in total. The molecule has 0 bridgehead atoms. The molecule has 2 aromatic rings. The first kappa shape index (κ1) is 12.9. The Morgan fingerprint density at radius 3 is 2.53 bits per heavy atom. The Hall–Kier alpha value is -2.51. The van der Waals surface area contributed by atoms with Crippen molar-refractivity contribution >= 4 is 22.6 Å². The summed E-state index contributed by atoms with van der Waals surface area (Å²) >= 11 is 0. The van der Waals surface area contributed by atoms with E-state index in [4.69, 9.17) is 15.4 Å². The van der Waals surface area contributed by atoms with Crippen molar-refractivity contribution in [3.8, 4) is 0 Å². The van der Waals surface area contributed by atoms with Gasteiger partial charge in [0.15, 0.2) is 5.76 Å². The molecule has 19 heavy (non-hydrogen) atoms. The number of hydrogen-bond donors (Lipinski definition) is 2. The number of rotatable bonds is 2. The van der Waals surface area contributed by atoms with Crippen LogP contribution in [0.4, 0.5) is 13.2 Å². The average molecular weight is 272 g/mol. The van der Waals surface area contributed by atoms with Crippen LogP contribution in [0, 0.1) is 0 Å². The van der Waals surface area contributed by atoms with Gasteiger partial charge in [-0.1, -0.05) is 5.16 Å². The van der Waals surface area contributed by atoms with Crippen molar-refractivity contribution in [3.63, 3.8) is 0 Å². The quantitative estimate of drug-likeness (QED) is 0.498. The number of nitrogens with two attached hydrogens (primary N) is 1. The van der Waals surface area contributed by atoms with Gasteiger partial charge >= 0.3 is 6.18 Å². The summed E-state index contributed by atoms with van der Waals surface area (Å²) in [5.41, 5.74) is 3.63. The molecule has 0 unspecified atom stereocenters. The average Bonchev–Trinajstić information content (AvgIpc) is 2.70. The highest BCUT2D eigenvalue weighted by Crippen LogP contribution is 2.32. The Labute approximate surface area is 104 Å². The van der Waals surface area contributed by atoms with Gasteiger partial charge in [-0.15, -0.1) is 0 Å². The molecule has 3 N–H and O–H groups in total. The standard InChI is InChI=1S/C11H7F3N2O3/c12-11(13,14)6-1-2-7-5(3-6)4-8(19-7)9(16-18)10(15)17/h1-4,18H,(H2,15,17)/b16-9+. The van der Waals surface area contributed by atoms with E-state index in [1.54, 1.807) is 0 Å². The summed E-state index contributed by atoms with van der Waals surface area (Å²) < 4.78 is 42.6. The smallest absolute Gasteiger partial charge is 0.416 e. The first-order chi connectivity index (χ1) is 8.82. The number of alkyl halides is 3. The Kier molecular flexibility index (Phi) is 2.93. The highest BCUT2D eigenvalue weighted by molar-refractivity contribution is 6.44. The molecule has 1 amide bonds. The number of halogens is 3. The van der Waals surface area contributed by atoms with E-state index in [9.17, 15) is 18.0 Å². The SMILES string of the molecule is NC(=O)/C(=N/O)c1cc2cc(C(F)(F)F)ccc2o1. The molecule has 0 radical (unpaired) electrons. The Bertz CT molecular complexity index is 673. The van der Waals surface area contributed by atoms with Crippen molar-refractivity contribution < 1.29 is 27.6 Å². The van der Waals surface area contributed by atoms with Crippen LogP contribution < -0.4 is 5.73 Å². The maximum absolute atomic E-state index is 12.5. The van der Waals surface area contributed by atoms with Gasteiger partial charge in [0.05, 0.1) is 5.56 Å². The van der Waals surface area contributed by atoms with Crippen molar-refractivity contribution in [1.82, 2.24) is 0 Å². The number of carbonyl (C=O) groups excluding carboxylic acids is 1. The van der Waals surface area contributed by atoms with Crippen LogP contribution in [0.25, 0.3) is 11.0 Å². The number of carbonyl (C=O) groups is 1. The maximum Gasteiger partial charge on any atom is 0.416 e. The number of furan rings is 1. The number of amides is 1. The van der Waals surface area contributed by atoms with Crippen molar-refractivity contribution in [2.24, 2.45) is 10.9 Å². The Morgan fingerprint density at radius 1 is 1.32 bits per heavy atom. The molecule has 1 aromatic heterocycles. The molecular formula is C11H7F3N2O3. The number of benzene rings is 1. The fraction of sp³-hybridized carbons (Fsp3) is 0.0909. The molecule has 0 fully saturated rings. The summed E-state index contributed by atoms with van der Waals surface area (Å²) in [6, 6.07) is 3.95. The van der Waals surface area contributed by atoms with Crippen LogP contribution >= 0.6 is 0 Å². The van der Waals surface area contributed by atoms with E-state index in [0.717, 1.165) is 24.3 Å². The van der Waals surface area contributed by atoms with Gasteiger partial charge in [0.25, 0.3) is 5.91 Å². The van der Waals surface area contributed by atoms with E-state index in [1.165, 1.54) is 0 Å². The van der Waals surface area contributed by atoms with Gasteiger partial charge in [-0.25, -0.2) is 0 Å². The summed E-state index contributed by atoms with van der Waals surface area (Å²) in [5.74, 6) is -1.26. The maximum atomic E-state index is 12.5. The van der Waals surface area contributed by atoms with E-state index in [1.807, 2.05) is 0 Å². The number of primary amides is 1. The van der Waals surface area contributed by atoms with Crippen molar-refractivity contribution in [2.45, 2.75) is 6.18 Å². The normalized spacial score (nSPS) is 12.9. The first-order valence-electron chi connectivity index (χ1n) is 4.96. The third-order valence-corrected chi connectivity index (χ3v) is 2.41. The van der Waals surface area contributed by atoms with E-state index >= 15 is 0 Å². The fourth-order valence-electron chi connectivity index (χ4n) is 1.56. The lowest BCUT2D eigenvalue weighted by atomic mass is 10.1. The summed E-state index contributed by atoms with van der Waals surface area (Å²) in [4.78, 5) is 10.9. The predicted octanol–water partition coefficient (Wildman–Crippen LogP) is 2.12. The fourth-order valence-corrected chi connectivity index (χ4v) is 1.56. The number of fused-ring (bicyclic) bond motifs is 1. The highest BCUT2D eigenvalue weighted by Gasteiger charge is 2.31. The molecule has 1 heterocycles. The molecule has 0 saturated carbocycles. The minimum atomic E-state index is -4.48. The van der Waals surface area contributed by atoms with E-state index in [-0.39, 0.29) is 16.7 Å². The summed E-state index contributed by atoms with van der Waals surface area (Å²) in [6.07, 6.45) is -4.48. The zero-order valence-corrected chi connectivity index (χ0v) is 9.23. The predicted molar refractivity (Wildman–Crippen MR) is 58.7 cm³/mol. The molecule has 1 aromatic carbocycles. The zero-order chi connectivity index (χ0) is 14.2. The number of oxime groups is 1. The molecule has 0 aliphatic carbocycles. The second-order valence-corrected chi connectivity index (χ2v) is 3.67. The molecular weight excluding hydrogens is 265 g/mol. The van der Waals surface area contributed by atoms with Gasteiger partial charge in [-0.3, -0.25) is 4.79 Å². The van der Waals surface area contributed by atoms with Gasteiger partial charge in [0.2, 0.25) is 5.71 Å². The van der Waals surface area contributed by atoms with Crippen LogP contribution in [-0.4, -0.2) is 16.8 Å². The molecule has 0 atom stereocenters. The minimum absolute atomic E-state index is 0.116. The summed E-state index contributed by atoms with van der Waals surface area (Å²) in [7, 11) is 0. The van der Waals surface area contributed by atoms with Crippen LogP contribution in [-0.2, 0) is 11.0 Å². The van der Waals surface area contributed by atoms with Gasteiger partial charge in [-0.05, 0) is 24.3 Å². The van der Waals surface area contributed by atoms with Crippen LogP contribution in [0.15, 0.2) is 33.8 Å². The highest BCUT2D eigenvalue weighted by atomic mass is 19.4. The zero-order valence-electron chi connectivity index (χ0n) is 9.23. The van der Waals surface area contributed by atoms with Gasteiger partial charge < -0.3 is 15.4 Å². The Balaban J connectivity index is 2.56. The molecule has 2 rings (SSSR count). The van der Waals surface area contributed by atoms with E-state index in [0.29, 0.717) is 0 Å². The minimum Gasteiger partial charge on any atom is -0.454 e. The second-order valence-electron chi connectivity index (χ2n) is 3.67. The second kappa shape index (κ2) is 4.30. The summed E-state index contributed by atoms with van der Waals surface area (Å²) in [6.45, 7) is 0. The van der Waals surface area contributed by atoms with Crippen LogP contribution in [0.3, 0.4) is 0 Å². The van der Waals surface area contributed by atoms with Crippen molar-refractivity contribution in [1.29, 1.82) is 0 Å². The monoisotopic (exact) mass is 272 g/mol. The largest absolute Gasteiger partial charge is 0.454 e. The van der Waals surface area contributed by atoms with Gasteiger partial charge in [-0.2, -0.15) is 13.2 Å². The lowest BCUT2D eigenvalue weighted by Gasteiger charge is -2.04. The first-order valence-corrected chi connectivity index (χ1v) is 4.96.